The molecule has 26 heavy (non-hydrogen) atoms. The molecule has 2 aliphatic rings. The van der Waals surface area contributed by atoms with Crippen LogP contribution < -0.4 is 0 Å². The Labute approximate surface area is 152 Å². The number of ether oxygens (including phenoxy) is 1. The summed E-state index contributed by atoms with van der Waals surface area (Å²) in [5, 5.41) is 9.04. The van der Waals surface area contributed by atoms with E-state index < -0.39 is 11.9 Å². The number of benzene rings is 2. The summed E-state index contributed by atoms with van der Waals surface area (Å²) in [6.45, 7) is 2.87. The van der Waals surface area contributed by atoms with Crippen LogP contribution in [0, 0.1) is 11.8 Å². The van der Waals surface area contributed by atoms with Crippen molar-refractivity contribution in [1.82, 2.24) is 4.90 Å². The molecule has 1 aliphatic carbocycles. The van der Waals surface area contributed by atoms with Gasteiger partial charge in [0.2, 0.25) is 0 Å². The molecule has 5 nitrogen and oxygen atoms in total. The van der Waals surface area contributed by atoms with E-state index in [1.807, 2.05) is 24.3 Å². The normalized spacial score (nSPS) is 17.2. The number of carbonyl (C=O) groups is 2. The zero-order valence-corrected chi connectivity index (χ0v) is 14.6. The Balaban J connectivity index is 1.41. The van der Waals surface area contributed by atoms with Crippen LogP contribution in [-0.2, 0) is 9.53 Å². The molecule has 1 heterocycles. The van der Waals surface area contributed by atoms with E-state index >= 15 is 0 Å². The van der Waals surface area contributed by atoms with E-state index in [0.717, 1.165) is 0 Å². The molecule has 0 radical (unpaired) electrons. The molecular weight excluding hydrogens is 330 g/mol. The molecule has 1 unspecified atom stereocenters. The second-order valence-electron chi connectivity index (χ2n) is 7.10. The van der Waals surface area contributed by atoms with Gasteiger partial charge in [-0.15, -0.1) is 0 Å². The first kappa shape index (κ1) is 16.6. The number of nitrogens with zero attached hydrogens (tertiary/aromatic N) is 1. The number of rotatable bonds is 4. The average Bonchev–Trinajstić information content (AvgIpc) is 2.92. The van der Waals surface area contributed by atoms with Crippen LogP contribution in [0.3, 0.4) is 0 Å². The minimum Gasteiger partial charge on any atom is -0.481 e. The first-order chi connectivity index (χ1) is 12.6. The molecule has 0 spiro atoms. The van der Waals surface area contributed by atoms with E-state index in [-0.39, 0.29) is 17.9 Å². The highest BCUT2D eigenvalue weighted by atomic mass is 16.6. The second kappa shape index (κ2) is 6.48. The standard InChI is InChI=1S/C21H21NO4/c1-13(20(23)24)14-10-22(11-14)21(25)26-12-19-17-8-4-2-6-15(17)16-7-3-5-9-18(16)19/h2-9,13-14,19H,10-12H2,1H3,(H,23,24). The van der Waals surface area contributed by atoms with Gasteiger partial charge in [0.05, 0.1) is 5.92 Å². The number of carbonyl (C=O) groups excluding carboxylic acids is 1. The lowest BCUT2D eigenvalue weighted by atomic mass is 9.87. The number of carboxylic acid groups (broad SMARTS) is 1. The van der Waals surface area contributed by atoms with Crippen LogP contribution in [0.4, 0.5) is 4.79 Å². The molecule has 0 bridgehead atoms. The van der Waals surface area contributed by atoms with Crippen molar-refractivity contribution in [3.8, 4) is 11.1 Å². The first-order valence-electron chi connectivity index (χ1n) is 8.89. The Hall–Kier alpha value is -2.82. The Kier molecular flexibility index (Phi) is 4.15. The first-order valence-corrected chi connectivity index (χ1v) is 8.89. The van der Waals surface area contributed by atoms with E-state index in [1.165, 1.54) is 22.3 Å². The lowest BCUT2D eigenvalue weighted by Crippen LogP contribution is -2.53. The van der Waals surface area contributed by atoms with Crippen molar-refractivity contribution in [2.75, 3.05) is 19.7 Å². The van der Waals surface area contributed by atoms with E-state index in [0.29, 0.717) is 19.7 Å². The monoisotopic (exact) mass is 351 g/mol. The zero-order chi connectivity index (χ0) is 18.3. The molecule has 1 N–H and O–H groups in total. The lowest BCUT2D eigenvalue weighted by Gasteiger charge is -2.40. The summed E-state index contributed by atoms with van der Waals surface area (Å²) in [6, 6.07) is 16.4. The number of hydrogen-bond acceptors (Lipinski definition) is 3. The molecule has 1 atom stereocenters. The third-order valence-corrected chi connectivity index (χ3v) is 5.60. The SMILES string of the molecule is CC(C(=O)O)C1CN(C(=O)OCC2c3ccccc3-c3ccccc32)C1. The van der Waals surface area contributed by atoms with Crippen LogP contribution >= 0.6 is 0 Å². The van der Waals surface area contributed by atoms with Gasteiger partial charge >= 0.3 is 12.1 Å². The molecule has 1 amide bonds. The van der Waals surface area contributed by atoms with Gasteiger partial charge in [-0.25, -0.2) is 4.79 Å². The predicted molar refractivity (Wildman–Crippen MR) is 96.9 cm³/mol. The van der Waals surface area contributed by atoms with E-state index in [2.05, 4.69) is 24.3 Å². The van der Waals surface area contributed by atoms with Gasteiger partial charge < -0.3 is 14.7 Å². The zero-order valence-electron chi connectivity index (χ0n) is 14.6. The Morgan fingerprint density at radius 1 is 1.08 bits per heavy atom. The van der Waals surface area contributed by atoms with Gasteiger partial charge in [0.25, 0.3) is 0 Å². The summed E-state index contributed by atoms with van der Waals surface area (Å²) in [5.74, 6) is -1.20. The molecule has 134 valence electrons. The van der Waals surface area contributed by atoms with Crippen LogP contribution in [0.2, 0.25) is 0 Å². The summed E-state index contributed by atoms with van der Waals surface area (Å²) >= 11 is 0. The fraction of sp³-hybridized carbons (Fsp3) is 0.333. The number of carboxylic acids is 1. The minimum absolute atomic E-state index is 0.00739. The van der Waals surface area contributed by atoms with E-state index in [9.17, 15) is 9.59 Å². The van der Waals surface area contributed by atoms with Crippen LogP contribution in [0.5, 0.6) is 0 Å². The van der Waals surface area contributed by atoms with Crippen molar-refractivity contribution >= 4 is 12.1 Å². The summed E-state index contributed by atoms with van der Waals surface area (Å²) in [6.07, 6.45) is -0.360. The molecule has 2 aromatic rings. The topological polar surface area (TPSA) is 66.8 Å². The highest BCUT2D eigenvalue weighted by Crippen LogP contribution is 2.44. The highest BCUT2D eigenvalue weighted by molar-refractivity contribution is 5.79. The second-order valence-corrected chi connectivity index (χ2v) is 7.10. The molecular formula is C21H21NO4. The number of fused-ring (bicyclic) bond motifs is 3. The molecule has 2 aromatic carbocycles. The van der Waals surface area contributed by atoms with Crippen LogP contribution in [-0.4, -0.2) is 41.8 Å². The van der Waals surface area contributed by atoms with Crippen molar-refractivity contribution in [3.05, 3.63) is 59.7 Å². The van der Waals surface area contributed by atoms with Crippen LogP contribution in [0.25, 0.3) is 11.1 Å². The maximum absolute atomic E-state index is 12.3. The lowest BCUT2D eigenvalue weighted by molar-refractivity contribution is -0.145. The molecule has 1 fully saturated rings. The molecule has 4 rings (SSSR count). The third kappa shape index (κ3) is 2.73. The van der Waals surface area contributed by atoms with Crippen LogP contribution in [0.1, 0.15) is 24.0 Å². The molecule has 0 saturated carbocycles. The Morgan fingerprint density at radius 3 is 2.15 bits per heavy atom. The predicted octanol–water partition coefficient (Wildman–Crippen LogP) is 3.59. The number of amides is 1. The fourth-order valence-electron chi connectivity index (χ4n) is 3.86. The number of hydrogen-bond donors (Lipinski definition) is 1. The van der Waals surface area contributed by atoms with Crippen molar-refractivity contribution in [1.29, 1.82) is 0 Å². The van der Waals surface area contributed by atoms with Crippen molar-refractivity contribution in [2.24, 2.45) is 11.8 Å². The van der Waals surface area contributed by atoms with Gasteiger partial charge in [-0.1, -0.05) is 55.5 Å². The molecule has 5 heteroatoms. The minimum atomic E-state index is -0.817. The quantitative estimate of drug-likeness (QED) is 0.914. The molecule has 0 aromatic heterocycles. The van der Waals surface area contributed by atoms with Gasteiger partial charge in [-0.2, -0.15) is 0 Å². The van der Waals surface area contributed by atoms with Gasteiger partial charge in [-0.3, -0.25) is 4.79 Å². The van der Waals surface area contributed by atoms with Gasteiger partial charge in [0, 0.05) is 24.9 Å². The van der Waals surface area contributed by atoms with Crippen LogP contribution in [0.15, 0.2) is 48.5 Å². The van der Waals surface area contributed by atoms with Gasteiger partial charge in [-0.05, 0) is 22.3 Å². The Bertz CT molecular complexity index is 811. The Morgan fingerprint density at radius 2 is 1.62 bits per heavy atom. The largest absolute Gasteiger partial charge is 0.481 e. The smallest absolute Gasteiger partial charge is 0.409 e. The highest BCUT2D eigenvalue weighted by Gasteiger charge is 2.38. The molecule has 1 aliphatic heterocycles. The third-order valence-electron chi connectivity index (χ3n) is 5.60. The van der Waals surface area contributed by atoms with Crippen molar-refractivity contribution in [2.45, 2.75) is 12.8 Å². The summed E-state index contributed by atoms with van der Waals surface area (Å²) in [5.41, 5.74) is 4.76. The van der Waals surface area contributed by atoms with E-state index in [1.54, 1.807) is 11.8 Å². The number of aliphatic carboxylic acids is 1. The van der Waals surface area contributed by atoms with E-state index in [4.69, 9.17) is 9.84 Å². The summed E-state index contributed by atoms with van der Waals surface area (Å²) < 4.78 is 5.57. The van der Waals surface area contributed by atoms with Gasteiger partial charge in [0.15, 0.2) is 0 Å². The van der Waals surface area contributed by atoms with Crippen molar-refractivity contribution in [3.63, 3.8) is 0 Å². The summed E-state index contributed by atoms with van der Waals surface area (Å²) in [4.78, 5) is 24.9. The maximum Gasteiger partial charge on any atom is 0.409 e. The maximum atomic E-state index is 12.3. The fourth-order valence-corrected chi connectivity index (χ4v) is 3.86. The van der Waals surface area contributed by atoms with Crippen molar-refractivity contribution < 1.29 is 19.4 Å². The summed E-state index contributed by atoms with van der Waals surface area (Å²) in [7, 11) is 0. The molecule has 1 saturated heterocycles. The van der Waals surface area contributed by atoms with Gasteiger partial charge in [0.1, 0.15) is 6.61 Å². The number of likely N-dealkylation sites (tertiary alicyclic amines) is 1. The average molecular weight is 351 g/mol.